The van der Waals surface area contributed by atoms with Crippen LogP contribution in [0.1, 0.15) is 55.8 Å². The van der Waals surface area contributed by atoms with Crippen LogP contribution in [0.15, 0.2) is 18.2 Å². The van der Waals surface area contributed by atoms with Crippen LogP contribution in [0, 0.1) is 23.2 Å². The van der Waals surface area contributed by atoms with Gasteiger partial charge in [0.05, 0.1) is 14.2 Å². The van der Waals surface area contributed by atoms with Gasteiger partial charge in [0.1, 0.15) is 17.1 Å². The smallest absolute Gasteiger partial charge is 0.264 e. The molecule has 6 heteroatoms. The quantitative estimate of drug-likeness (QED) is 0.731. The van der Waals surface area contributed by atoms with Gasteiger partial charge in [-0.05, 0) is 93.0 Å². The zero-order valence-electron chi connectivity index (χ0n) is 16.9. The van der Waals surface area contributed by atoms with Crippen LogP contribution in [0.5, 0.6) is 11.5 Å². The second-order valence-electron chi connectivity index (χ2n) is 8.97. The number of carbonyl (C=O) groups excluding carboxylic acids is 1. The van der Waals surface area contributed by atoms with Crippen molar-refractivity contribution in [2.75, 3.05) is 14.2 Å². The molecule has 0 saturated heterocycles. The first-order chi connectivity index (χ1) is 13.4. The molecule has 4 aliphatic carbocycles. The molecule has 2 N–H and O–H groups in total. The van der Waals surface area contributed by atoms with Crippen LogP contribution in [-0.2, 0) is 0 Å². The van der Waals surface area contributed by atoms with Crippen molar-refractivity contribution in [3.05, 3.63) is 23.8 Å². The van der Waals surface area contributed by atoms with E-state index in [0.717, 1.165) is 17.8 Å². The summed E-state index contributed by atoms with van der Waals surface area (Å²) < 4.78 is 10.7. The third kappa shape index (κ3) is 3.47. The number of benzene rings is 1. The van der Waals surface area contributed by atoms with Gasteiger partial charge in [-0.25, -0.2) is 0 Å². The van der Waals surface area contributed by atoms with Crippen LogP contribution in [0.3, 0.4) is 0 Å². The van der Waals surface area contributed by atoms with Gasteiger partial charge in [0, 0.05) is 6.04 Å². The van der Waals surface area contributed by atoms with Crippen LogP contribution in [-0.4, -0.2) is 31.3 Å². The fourth-order valence-electron chi connectivity index (χ4n) is 6.33. The first-order valence-electron chi connectivity index (χ1n) is 10.3. The van der Waals surface area contributed by atoms with E-state index in [4.69, 9.17) is 21.7 Å². The highest BCUT2D eigenvalue weighted by atomic mass is 32.1. The highest BCUT2D eigenvalue weighted by Gasteiger charge is 2.53. The Labute approximate surface area is 172 Å². The summed E-state index contributed by atoms with van der Waals surface area (Å²) in [5, 5.41) is 6.64. The van der Waals surface area contributed by atoms with Crippen molar-refractivity contribution in [2.24, 2.45) is 23.2 Å². The highest BCUT2D eigenvalue weighted by Crippen LogP contribution is 2.61. The van der Waals surface area contributed by atoms with E-state index in [1.165, 1.54) is 52.7 Å². The Morgan fingerprint density at radius 3 is 2.04 bits per heavy atom. The number of hydrogen-bond acceptors (Lipinski definition) is 4. The average molecular weight is 403 g/mol. The maximum atomic E-state index is 12.8. The van der Waals surface area contributed by atoms with Gasteiger partial charge in [0.15, 0.2) is 5.11 Å². The lowest BCUT2D eigenvalue weighted by Crippen LogP contribution is -2.57. The molecular formula is C22H30N2O3S. The van der Waals surface area contributed by atoms with E-state index >= 15 is 0 Å². The van der Waals surface area contributed by atoms with E-state index in [1.807, 2.05) is 0 Å². The van der Waals surface area contributed by atoms with Crippen LogP contribution in [0.4, 0.5) is 0 Å². The molecule has 0 radical (unpaired) electrons. The number of nitrogens with one attached hydrogen (secondary N) is 2. The number of thiocarbonyl (C=S) groups is 1. The Hall–Kier alpha value is -1.82. The molecule has 0 aliphatic heterocycles. The summed E-state index contributed by atoms with van der Waals surface area (Å²) in [4.78, 5) is 12.8. The molecule has 0 aromatic heterocycles. The minimum Gasteiger partial charge on any atom is -0.496 e. The molecule has 4 bridgehead atoms. The first kappa shape index (κ1) is 19.5. The van der Waals surface area contributed by atoms with Crippen LogP contribution >= 0.6 is 12.2 Å². The second kappa shape index (κ2) is 7.54. The molecule has 1 aromatic carbocycles. The van der Waals surface area contributed by atoms with Crippen molar-refractivity contribution in [3.63, 3.8) is 0 Å². The predicted octanol–water partition coefficient (Wildman–Crippen LogP) is 3.91. The van der Waals surface area contributed by atoms with Crippen molar-refractivity contribution in [1.29, 1.82) is 0 Å². The van der Waals surface area contributed by atoms with Gasteiger partial charge in [-0.3, -0.25) is 10.1 Å². The Kier molecular flexibility index (Phi) is 5.25. The van der Waals surface area contributed by atoms with Crippen molar-refractivity contribution >= 4 is 23.2 Å². The molecule has 1 atom stereocenters. The van der Waals surface area contributed by atoms with Gasteiger partial charge in [-0.15, -0.1) is 0 Å². The maximum absolute atomic E-state index is 12.8. The van der Waals surface area contributed by atoms with Gasteiger partial charge < -0.3 is 14.8 Å². The molecule has 0 unspecified atom stereocenters. The fourth-order valence-corrected chi connectivity index (χ4v) is 6.60. The molecule has 1 aromatic rings. The van der Waals surface area contributed by atoms with E-state index in [0.29, 0.717) is 27.6 Å². The Balaban J connectivity index is 1.43. The number of hydrogen-bond donors (Lipinski definition) is 2. The lowest BCUT2D eigenvalue weighted by Gasteiger charge is -2.59. The minimum atomic E-state index is -0.315. The van der Waals surface area contributed by atoms with Crippen LogP contribution in [0.25, 0.3) is 0 Å². The molecule has 5 nitrogen and oxygen atoms in total. The molecule has 152 valence electrons. The first-order valence-corrected chi connectivity index (χ1v) is 10.7. The van der Waals surface area contributed by atoms with Crippen molar-refractivity contribution in [3.8, 4) is 11.5 Å². The number of amides is 1. The summed E-state index contributed by atoms with van der Waals surface area (Å²) in [5.41, 5.74) is 0.685. The van der Waals surface area contributed by atoms with Gasteiger partial charge in [0.25, 0.3) is 5.91 Å². The highest BCUT2D eigenvalue weighted by molar-refractivity contribution is 7.80. The van der Waals surface area contributed by atoms with E-state index in [9.17, 15) is 4.79 Å². The largest absolute Gasteiger partial charge is 0.496 e. The zero-order chi connectivity index (χ0) is 19.9. The lowest BCUT2D eigenvalue weighted by atomic mass is 9.48. The zero-order valence-corrected chi connectivity index (χ0v) is 17.7. The normalized spacial score (nSPS) is 31.2. The number of carbonyl (C=O) groups is 1. The molecular weight excluding hydrogens is 372 g/mol. The molecule has 1 amide bonds. The molecule has 0 spiro atoms. The summed E-state index contributed by atoms with van der Waals surface area (Å²) in [6.45, 7) is 2.23. The number of rotatable bonds is 5. The van der Waals surface area contributed by atoms with Crippen LogP contribution < -0.4 is 20.1 Å². The molecule has 4 aliphatic rings. The van der Waals surface area contributed by atoms with Crippen molar-refractivity contribution in [1.82, 2.24) is 10.6 Å². The topological polar surface area (TPSA) is 59.6 Å². The summed E-state index contributed by atoms with van der Waals surface area (Å²) in [7, 11) is 3.08. The van der Waals surface area contributed by atoms with E-state index in [2.05, 4.69) is 17.6 Å². The van der Waals surface area contributed by atoms with Gasteiger partial charge in [-0.1, -0.05) is 6.07 Å². The summed E-state index contributed by atoms with van der Waals surface area (Å²) in [6.07, 6.45) is 8.14. The molecule has 4 fully saturated rings. The SMILES string of the molecule is COc1cccc(OC)c1C(=O)NC(=S)N[C@H](C)C12CC3CC(CC(C3)C1)C2. The monoisotopic (exact) mass is 402 g/mol. The minimum absolute atomic E-state index is 0.258. The Morgan fingerprint density at radius 2 is 1.57 bits per heavy atom. The third-order valence-electron chi connectivity index (χ3n) is 7.23. The Morgan fingerprint density at radius 1 is 1.07 bits per heavy atom. The summed E-state index contributed by atoms with van der Waals surface area (Å²) >= 11 is 5.50. The molecule has 5 rings (SSSR count). The van der Waals surface area contributed by atoms with Crippen molar-refractivity contribution in [2.45, 2.75) is 51.5 Å². The summed E-state index contributed by atoms with van der Waals surface area (Å²) in [5.74, 6) is 3.27. The fraction of sp³-hybridized carbons (Fsp3) is 0.636. The average Bonchev–Trinajstić information content (AvgIpc) is 2.65. The predicted molar refractivity (Wildman–Crippen MR) is 113 cm³/mol. The van der Waals surface area contributed by atoms with Gasteiger partial charge in [0.2, 0.25) is 0 Å². The van der Waals surface area contributed by atoms with E-state index in [-0.39, 0.29) is 11.9 Å². The number of methoxy groups -OCH3 is 2. The molecule has 0 heterocycles. The standard InChI is InChI=1S/C22H30N2O3S/c1-13(22-10-14-7-15(11-22)9-16(8-14)12-22)23-21(28)24-20(25)19-17(26-2)5-4-6-18(19)27-3/h4-6,13-16H,7-12H2,1-3H3,(H2,23,24,25,28)/t13-,14?,15?,16?,22?/m1/s1. The van der Waals surface area contributed by atoms with E-state index < -0.39 is 0 Å². The van der Waals surface area contributed by atoms with Gasteiger partial charge >= 0.3 is 0 Å². The summed E-state index contributed by atoms with van der Waals surface area (Å²) in [6, 6.07) is 5.53. The third-order valence-corrected chi connectivity index (χ3v) is 7.45. The second-order valence-corrected chi connectivity index (χ2v) is 9.37. The van der Waals surface area contributed by atoms with Crippen LogP contribution in [0.2, 0.25) is 0 Å². The molecule has 28 heavy (non-hydrogen) atoms. The van der Waals surface area contributed by atoms with Crippen molar-refractivity contribution < 1.29 is 14.3 Å². The molecule has 4 saturated carbocycles. The Bertz CT molecular complexity index is 722. The van der Waals surface area contributed by atoms with E-state index in [1.54, 1.807) is 18.2 Å². The number of ether oxygens (including phenoxy) is 2. The van der Waals surface area contributed by atoms with Gasteiger partial charge in [-0.2, -0.15) is 0 Å². The maximum Gasteiger partial charge on any atom is 0.264 e. The lowest BCUT2D eigenvalue weighted by molar-refractivity contribution is -0.0672.